The number of esters is 1. The zero-order valence-corrected chi connectivity index (χ0v) is 11.4. The molecule has 5 nitrogen and oxygen atoms in total. The summed E-state index contributed by atoms with van der Waals surface area (Å²) in [5.41, 5.74) is 5.21. The number of benzene rings is 1. The van der Waals surface area contributed by atoms with Gasteiger partial charge in [0, 0.05) is 5.38 Å². The maximum atomic E-state index is 11.3. The van der Waals surface area contributed by atoms with E-state index in [0.717, 1.165) is 16.4 Å². The maximum Gasteiger partial charge on any atom is 0.337 e. The summed E-state index contributed by atoms with van der Waals surface area (Å²) in [4.78, 5) is 15.5. The van der Waals surface area contributed by atoms with Crippen molar-refractivity contribution in [3.05, 3.63) is 46.5 Å². The number of hydrogen-bond donors (Lipinski definition) is 1. The molecular formula is C13H13N3O2S. The second kappa shape index (κ2) is 6.10. The molecule has 0 bridgehead atoms. The summed E-state index contributed by atoms with van der Waals surface area (Å²) in [6, 6.07) is 6.98. The number of hydrogen-bond acceptors (Lipinski definition) is 6. The van der Waals surface area contributed by atoms with Crippen LogP contribution in [-0.2, 0) is 4.74 Å². The van der Waals surface area contributed by atoms with Crippen LogP contribution in [0.5, 0.6) is 0 Å². The second-order valence-electron chi connectivity index (χ2n) is 3.78. The summed E-state index contributed by atoms with van der Waals surface area (Å²) in [6.07, 6.45) is 1.66. The lowest BCUT2D eigenvalue weighted by molar-refractivity contribution is 0.0601. The molecule has 1 aromatic carbocycles. The van der Waals surface area contributed by atoms with Gasteiger partial charge in [0.2, 0.25) is 5.13 Å². The lowest BCUT2D eigenvalue weighted by Crippen LogP contribution is -2.00. The van der Waals surface area contributed by atoms with Crippen LogP contribution in [0, 0.1) is 6.92 Å². The Morgan fingerprint density at radius 1 is 1.42 bits per heavy atom. The van der Waals surface area contributed by atoms with Crippen LogP contribution in [0.2, 0.25) is 0 Å². The van der Waals surface area contributed by atoms with E-state index in [1.807, 2.05) is 12.3 Å². The number of carbonyl (C=O) groups is 1. The standard InChI is InChI=1S/C13H13N3O2S/c1-9-8-19-13(15-9)16-14-7-10-3-5-11(6-4-10)12(17)18-2/h3-8H,1-2H3,(H,15,16). The highest BCUT2D eigenvalue weighted by Crippen LogP contribution is 2.14. The Bertz CT molecular complexity index is 590. The van der Waals surface area contributed by atoms with Gasteiger partial charge in [0.15, 0.2) is 0 Å². The van der Waals surface area contributed by atoms with Gasteiger partial charge in [-0.05, 0) is 24.6 Å². The molecule has 0 aliphatic heterocycles. The third-order valence-corrected chi connectivity index (χ3v) is 3.19. The summed E-state index contributed by atoms with van der Waals surface area (Å²) >= 11 is 1.50. The lowest BCUT2D eigenvalue weighted by atomic mass is 10.1. The fourth-order valence-electron chi connectivity index (χ4n) is 1.39. The fraction of sp³-hybridized carbons (Fsp3) is 0.154. The van der Waals surface area contributed by atoms with Gasteiger partial charge in [-0.25, -0.2) is 9.78 Å². The Balaban J connectivity index is 1.97. The van der Waals surface area contributed by atoms with Crippen molar-refractivity contribution in [2.45, 2.75) is 6.92 Å². The molecule has 6 heteroatoms. The van der Waals surface area contributed by atoms with Crippen molar-refractivity contribution >= 4 is 28.7 Å². The first kappa shape index (κ1) is 13.2. The first-order valence-corrected chi connectivity index (χ1v) is 6.46. The van der Waals surface area contributed by atoms with Gasteiger partial charge in [-0.2, -0.15) is 5.10 Å². The minimum absolute atomic E-state index is 0.347. The number of thiazole rings is 1. The number of methoxy groups -OCH3 is 1. The van der Waals surface area contributed by atoms with Crippen molar-refractivity contribution in [2.75, 3.05) is 12.5 Å². The average molecular weight is 275 g/mol. The predicted molar refractivity (Wildman–Crippen MR) is 75.8 cm³/mol. The molecule has 2 rings (SSSR count). The van der Waals surface area contributed by atoms with Gasteiger partial charge in [-0.1, -0.05) is 12.1 Å². The number of nitrogens with one attached hydrogen (secondary N) is 1. The van der Waals surface area contributed by atoms with E-state index in [1.54, 1.807) is 30.5 Å². The Morgan fingerprint density at radius 3 is 2.74 bits per heavy atom. The minimum Gasteiger partial charge on any atom is -0.465 e. The van der Waals surface area contributed by atoms with E-state index in [9.17, 15) is 4.79 Å². The van der Waals surface area contributed by atoms with Gasteiger partial charge in [-0.3, -0.25) is 5.43 Å². The highest BCUT2D eigenvalue weighted by molar-refractivity contribution is 7.13. The summed E-state index contributed by atoms with van der Waals surface area (Å²) in [6.45, 7) is 1.93. The van der Waals surface area contributed by atoms with E-state index in [0.29, 0.717) is 5.56 Å². The number of aryl methyl sites for hydroxylation is 1. The van der Waals surface area contributed by atoms with Gasteiger partial charge in [0.05, 0.1) is 24.6 Å². The van der Waals surface area contributed by atoms with E-state index in [4.69, 9.17) is 0 Å². The third-order valence-electron chi connectivity index (χ3n) is 2.32. The van der Waals surface area contributed by atoms with Crippen molar-refractivity contribution in [1.82, 2.24) is 4.98 Å². The van der Waals surface area contributed by atoms with Crippen LogP contribution in [-0.4, -0.2) is 24.3 Å². The lowest BCUT2D eigenvalue weighted by Gasteiger charge is -1.99. The minimum atomic E-state index is -0.347. The number of aromatic nitrogens is 1. The SMILES string of the molecule is COC(=O)c1ccc(C=NNc2nc(C)cs2)cc1. The molecule has 2 aromatic rings. The highest BCUT2D eigenvalue weighted by atomic mass is 32.1. The Hall–Kier alpha value is -2.21. The molecular weight excluding hydrogens is 262 g/mol. The highest BCUT2D eigenvalue weighted by Gasteiger charge is 2.03. The van der Waals surface area contributed by atoms with Crippen LogP contribution < -0.4 is 5.43 Å². The summed E-state index contributed by atoms with van der Waals surface area (Å²) in [7, 11) is 1.36. The molecule has 19 heavy (non-hydrogen) atoms. The molecule has 0 unspecified atom stereocenters. The molecule has 1 heterocycles. The van der Waals surface area contributed by atoms with Gasteiger partial charge in [-0.15, -0.1) is 11.3 Å². The Kier molecular flexibility index (Phi) is 4.25. The average Bonchev–Trinajstić information content (AvgIpc) is 2.84. The van der Waals surface area contributed by atoms with Crippen molar-refractivity contribution in [1.29, 1.82) is 0 Å². The van der Waals surface area contributed by atoms with Crippen LogP contribution in [0.3, 0.4) is 0 Å². The van der Waals surface area contributed by atoms with Crippen LogP contribution in [0.15, 0.2) is 34.7 Å². The van der Waals surface area contributed by atoms with Crippen LogP contribution in [0.1, 0.15) is 21.6 Å². The predicted octanol–water partition coefficient (Wildman–Crippen LogP) is 2.68. The summed E-state index contributed by atoms with van der Waals surface area (Å²) < 4.78 is 4.63. The molecule has 98 valence electrons. The quantitative estimate of drug-likeness (QED) is 0.529. The fourth-order valence-corrected chi connectivity index (χ4v) is 2.03. The molecule has 0 saturated heterocycles. The van der Waals surface area contributed by atoms with Gasteiger partial charge in [0.1, 0.15) is 0 Å². The molecule has 0 radical (unpaired) electrons. The van der Waals surface area contributed by atoms with Crippen molar-refractivity contribution < 1.29 is 9.53 Å². The number of anilines is 1. The van der Waals surface area contributed by atoms with E-state index in [2.05, 4.69) is 20.2 Å². The molecule has 0 atom stereocenters. The number of nitrogens with zero attached hydrogens (tertiary/aromatic N) is 2. The zero-order valence-electron chi connectivity index (χ0n) is 10.6. The molecule has 1 aromatic heterocycles. The number of carbonyl (C=O) groups excluding carboxylic acids is 1. The molecule has 0 fully saturated rings. The van der Waals surface area contributed by atoms with Crippen LogP contribution in [0.25, 0.3) is 0 Å². The van der Waals surface area contributed by atoms with E-state index in [1.165, 1.54) is 18.4 Å². The van der Waals surface area contributed by atoms with Gasteiger partial charge < -0.3 is 4.74 Å². The number of ether oxygens (including phenoxy) is 1. The van der Waals surface area contributed by atoms with Crippen molar-refractivity contribution in [2.24, 2.45) is 5.10 Å². The van der Waals surface area contributed by atoms with Gasteiger partial charge in [0.25, 0.3) is 0 Å². The molecule has 0 aliphatic carbocycles. The molecule has 0 saturated carbocycles. The van der Waals surface area contributed by atoms with Crippen molar-refractivity contribution in [3.8, 4) is 0 Å². The zero-order chi connectivity index (χ0) is 13.7. The summed E-state index contributed by atoms with van der Waals surface area (Å²) in [5, 5.41) is 6.77. The van der Waals surface area contributed by atoms with E-state index >= 15 is 0 Å². The van der Waals surface area contributed by atoms with Crippen LogP contribution >= 0.6 is 11.3 Å². The largest absolute Gasteiger partial charge is 0.465 e. The van der Waals surface area contributed by atoms with E-state index < -0.39 is 0 Å². The third kappa shape index (κ3) is 3.62. The Labute approximate surface area is 114 Å². The molecule has 0 amide bonds. The monoisotopic (exact) mass is 275 g/mol. The normalized spacial score (nSPS) is 10.6. The smallest absolute Gasteiger partial charge is 0.337 e. The van der Waals surface area contributed by atoms with Gasteiger partial charge >= 0.3 is 5.97 Å². The molecule has 0 spiro atoms. The first-order valence-electron chi connectivity index (χ1n) is 5.58. The number of hydrazone groups is 1. The number of rotatable bonds is 4. The Morgan fingerprint density at radius 2 is 2.16 bits per heavy atom. The molecule has 1 N–H and O–H groups in total. The summed E-state index contributed by atoms with van der Waals surface area (Å²) in [5.74, 6) is -0.347. The van der Waals surface area contributed by atoms with E-state index in [-0.39, 0.29) is 5.97 Å². The van der Waals surface area contributed by atoms with Crippen molar-refractivity contribution in [3.63, 3.8) is 0 Å². The topological polar surface area (TPSA) is 63.6 Å². The maximum absolute atomic E-state index is 11.3. The van der Waals surface area contributed by atoms with Crippen LogP contribution in [0.4, 0.5) is 5.13 Å². The molecule has 0 aliphatic rings. The first-order chi connectivity index (χ1) is 9.19. The second-order valence-corrected chi connectivity index (χ2v) is 4.64.